The summed E-state index contributed by atoms with van der Waals surface area (Å²) in [6, 6.07) is 18.9. The zero-order chi connectivity index (χ0) is 22.7. The zero-order valence-electron chi connectivity index (χ0n) is 20.1. The van der Waals surface area contributed by atoms with Crippen LogP contribution in [0.2, 0.25) is 0 Å². The van der Waals surface area contributed by atoms with Crippen molar-refractivity contribution < 1.29 is 4.74 Å². The second-order valence-electron chi connectivity index (χ2n) is 8.70. The van der Waals surface area contributed by atoms with Crippen molar-refractivity contribution in [3.63, 3.8) is 0 Å². The number of aryl methyl sites for hydroxylation is 1. The van der Waals surface area contributed by atoms with Crippen molar-refractivity contribution in [2.75, 3.05) is 13.2 Å². The molecule has 0 aliphatic carbocycles. The standard InChI is InChI=1S/C30H42OS/c1-2-3-4-5-6-7-8-9-10-14-25-31-26-15-16-27-19-21-28(22-20-27)23-24-30(32)29-17-12-11-13-18-29/h11-13,17-24H,2-10,14-16,25-26H2,1H3. The summed E-state index contributed by atoms with van der Waals surface area (Å²) in [4.78, 5) is 0.870. The van der Waals surface area contributed by atoms with Crippen LogP contribution in [0.3, 0.4) is 0 Å². The highest BCUT2D eigenvalue weighted by atomic mass is 32.1. The van der Waals surface area contributed by atoms with E-state index in [1.165, 1.54) is 75.3 Å². The Kier molecular flexibility index (Phi) is 14.7. The average molecular weight is 451 g/mol. The van der Waals surface area contributed by atoms with Crippen molar-refractivity contribution in [3.8, 4) is 0 Å². The van der Waals surface area contributed by atoms with Gasteiger partial charge in [-0.25, -0.2) is 0 Å². The quantitative estimate of drug-likeness (QED) is 0.0969. The van der Waals surface area contributed by atoms with Gasteiger partial charge in [-0.3, -0.25) is 0 Å². The molecule has 2 aromatic carbocycles. The largest absolute Gasteiger partial charge is 0.381 e. The van der Waals surface area contributed by atoms with Crippen LogP contribution in [0.25, 0.3) is 6.08 Å². The molecule has 2 aromatic rings. The predicted octanol–water partition coefficient (Wildman–Crippen LogP) is 8.99. The minimum atomic E-state index is 0.866. The van der Waals surface area contributed by atoms with E-state index in [4.69, 9.17) is 17.0 Å². The van der Waals surface area contributed by atoms with Gasteiger partial charge in [0.15, 0.2) is 0 Å². The number of ether oxygens (including phenoxy) is 1. The van der Waals surface area contributed by atoms with Gasteiger partial charge in [0.2, 0.25) is 0 Å². The molecule has 0 spiro atoms. The van der Waals surface area contributed by atoms with Crippen LogP contribution in [0.1, 0.15) is 94.2 Å². The lowest BCUT2D eigenvalue weighted by atomic mass is 10.1. The summed E-state index contributed by atoms with van der Waals surface area (Å²) in [7, 11) is 0. The molecule has 0 fully saturated rings. The van der Waals surface area contributed by atoms with E-state index < -0.39 is 0 Å². The summed E-state index contributed by atoms with van der Waals surface area (Å²) in [5.74, 6) is 0. The molecule has 0 unspecified atom stereocenters. The van der Waals surface area contributed by atoms with Gasteiger partial charge >= 0.3 is 0 Å². The summed E-state index contributed by atoms with van der Waals surface area (Å²) in [6.07, 6.45) is 20.0. The minimum Gasteiger partial charge on any atom is -0.381 e. The molecule has 32 heavy (non-hydrogen) atoms. The van der Waals surface area contributed by atoms with Gasteiger partial charge in [-0.15, -0.1) is 0 Å². The lowest BCUT2D eigenvalue weighted by molar-refractivity contribution is 0.127. The number of unbranched alkanes of at least 4 members (excludes halogenated alkanes) is 9. The van der Waals surface area contributed by atoms with E-state index in [0.717, 1.165) is 36.5 Å². The predicted molar refractivity (Wildman–Crippen MR) is 145 cm³/mol. The SMILES string of the molecule is CCCCCCCCCCCCOCCCc1ccc(C=CC(=S)c2ccccc2)cc1. The molecular formula is C30H42OS. The molecule has 1 nitrogen and oxygen atoms in total. The maximum absolute atomic E-state index is 5.83. The fourth-order valence-corrected chi connectivity index (χ4v) is 4.04. The Balaban J connectivity index is 1.47. The summed E-state index contributed by atoms with van der Waals surface area (Å²) >= 11 is 5.49. The van der Waals surface area contributed by atoms with E-state index in [0.29, 0.717) is 0 Å². The zero-order valence-corrected chi connectivity index (χ0v) is 20.9. The van der Waals surface area contributed by atoms with Gasteiger partial charge < -0.3 is 4.74 Å². The second kappa shape index (κ2) is 17.7. The van der Waals surface area contributed by atoms with Crippen molar-refractivity contribution in [3.05, 3.63) is 77.4 Å². The van der Waals surface area contributed by atoms with Gasteiger partial charge in [0.25, 0.3) is 0 Å². The molecular weight excluding hydrogens is 408 g/mol. The maximum atomic E-state index is 5.83. The molecule has 0 N–H and O–H groups in total. The van der Waals surface area contributed by atoms with Gasteiger partial charge in [-0.1, -0.05) is 138 Å². The number of hydrogen-bond donors (Lipinski definition) is 0. The molecule has 0 saturated carbocycles. The van der Waals surface area contributed by atoms with E-state index in [1.54, 1.807) is 0 Å². The van der Waals surface area contributed by atoms with E-state index in [1.807, 2.05) is 36.4 Å². The Labute approximate surface area is 202 Å². The molecule has 0 aliphatic rings. The first-order valence-electron chi connectivity index (χ1n) is 12.7. The molecule has 0 heterocycles. The van der Waals surface area contributed by atoms with Crippen molar-refractivity contribution in [1.82, 2.24) is 0 Å². The first kappa shape index (κ1) is 26.5. The molecule has 2 rings (SSSR count). The third-order valence-corrected chi connectivity index (χ3v) is 6.23. The number of thiocarbonyl (C=S) groups is 1. The summed E-state index contributed by atoms with van der Waals surface area (Å²) in [6.45, 7) is 4.06. The van der Waals surface area contributed by atoms with Crippen LogP contribution in [0.4, 0.5) is 0 Å². The first-order valence-corrected chi connectivity index (χ1v) is 13.1. The molecule has 0 radical (unpaired) electrons. The molecule has 0 atom stereocenters. The maximum Gasteiger partial charge on any atom is 0.0469 e. The number of allylic oxidation sites excluding steroid dienone is 1. The van der Waals surface area contributed by atoms with Gasteiger partial charge in [-0.2, -0.15) is 0 Å². The van der Waals surface area contributed by atoms with Crippen LogP contribution in [-0.4, -0.2) is 18.1 Å². The highest BCUT2D eigenvalue weighted by Crippen LogP contribution is 2.12. The third-order valence-electron chi connectivity index (χ3n) is 5.86. The van der Waals surface area contributed by atoms with Crippen LogP contribution in [-0.2, 0) is 11.2 Å². The second-order valence-corrected chi connectivity index (χ2v) is 9.14. The Hall–Kier alpha value is -1.77. The summed E-state index contributed by atoms with van der Waals surface area (Å²) in [5, 5.41) is 0. The van der Waals surface area contributed by atoms with Crippen LogP contribution in [0.15, 0.2) is 60.7 Å². The highest BCUT2D eigenvalue weighted by Gasteiger charge is 1.98. The summed E-state index contributed by atoms with van der Waals surface area (Å²) < 4.78 is 5.83. The van der Waals surface area contributed by atoms with Gasteiger partial charge in [0, 0.05) is 18.1 Å². The molecule has 0 aliphatic heterocycles. The topological polar surface area (TPSA) is 9.23 Å². The third kappa shape index (κ3) is 12.3. The molecule has 0 amide bonds. The molecule has 2 heteroatoms. The molecule has 174 valence electrons. The van der Waals surface area contributed by atoms with E-state index in [2.05, 4.69) is 37.3 Å². The number of rotatable bonds is 18. The number of hydrogen-bond acceptors (Lipinski definition) is 2. The van der Waals surface area contributed by atoms with Crippen molar-refractivity contribution in [2.45, 2.75) is 84.0 Å². The minimum absolute atomic E-state index is 0.866. The number of benzene rings is 2. The van der Waals surface area contributed by atoms with E-state index in [9.17, 15) is 0 Å². The van der Waals surface area contributed by atoms with Gasteiger partial charge in [0.1, 0.15) is 0 Å². The Morgan fingerprint density at radius 1 is 0.719 bits per heavy atom. The highest BCUT2D eigenvalue weighted by molar-refractivity contribution is 7.81. The Morgan fingerprint density at radius 3 is 1.97 bits per heavy atom. The van der Waals surface area contributed by atoms with Crippen molar-refractivity contribution in [1.29, 1.82) is 0 Å². The monoisotopic (exact) mass is 450 g/mol. The average Bonchev–Trinajstić information content (AvgIpc) is 2.84. The molecule has 0 bridgehead atoms. The van der Waals surface area contributed by atoms with Crippen molar-refractivity contribution >= 4 is 23.2 Å². The van der Waals surface area contributed by atoms with E-state index >= 15 is 0 Å². The smallest absolute Gasteiger partial charge is 0.0469 e. The normalized spacial score (nSPS) is 11.3. The Bertz CT molecular complexity index is 748. The fourth-order valence-electron chi connectivity index (χ4n) is 3.84. The summed E-state index contributed by atoms with van der Waals surface area (Å²) in [5.41, 5.74) is 3.65. The first-order chi connectivity index (χ1) is 15.8. The molecule has 0 saturated heterocycles. The molecule has 0 aromatic heterocycles. The van der Waals surface area contributed by atoms with Crippen LogP contribution >= 0.6 is 12.2 Å². The van der Waals surface area contributed by atoms with Crippen LogP contribution < -0.4 is 0 Å². The van der Waals surface area contributed by atoms with Gasteiger partial charge in [0.05, 0.1) is 0 Å². The van der Waals surface area contributed by atoms with Crippen LogP contribution in [0.5, 0.6) is 0 Å². The van der Waals surface area contributed by atoms with Crippen molar-refractivity contribution in [2.24, 2.45) is 0 Å². The van der Waals surface area contributed by atoms with Gasteiger partial charge in [-0.05, 0) is 42.0 Å². The van der Waals surface area contributed by atoms with E-state index in [-0.39, 0.29) is 0 Å². The Morgan fingerprint density at radius 2 is 1.31 bits per heavy atom. The fraction of sp³-hybridized carbons (Fsp3) is 0.500. The lowest BCUT2D eigenvalue weighted by Crippen LogP contribution is -1.99. The lowest BCUT2D eigenvalue weighted by Gasteiger charge is -2.05. The van der Waals surface area contributed by atoms with Crippen LogP contribution in [0, 0.1) is 0 Å².